The molecule has 7 amide bonds. The number of rotatable bonds is 62. The Labute approximate surface area is 655 Å². The van der Waals surface area contributed by atoms with Crippen molar-refractivity contribution >= 4 is 124 Å². The molecule has 628 valence electrons. The Morgan fingerprint density at radius 1 is 0.459 bits per heavy atom. The lowest BCUT2D eigenvalue weighted by atomic mass is 9.89. The minimum atomic E-state index is -1.35. The van der Waals surface area contributed by atoms with E-state index in [1.165, 1.54) is 23.6 Å². The van der Waals surface area contributed by atoms with Gasteiger partial charge in [0, 0.05) is 127 Å². The Morgan fingerprint density at radius 3 is 1.26 bits per heavy atom. The van der Waals surface area contributed by atoms with Gasteiger partial charge in [-0.25, -0.2) is 0 Å². The molecule has 1 saturated heterocycles. The van der Waals surface area contributed by atoms with Crippen molar-refractivity contribution in [2.75, 3.05) is 77.6 Å². The van der Waals surface area contributed by atoms with Crippen molar-refractivity contribution < 1.29 is 67.1 Å². The lowest BCUT2D eigenvalue weighted by Gasteiger charge is -2.27. The summed E-state index contributed by atoms with van der Waals surface area (Å²) in [6.07, 6.45) is 3.45. The van der Waals surface area contributed by atoms with Crippen LogP contribution in [0.25, 0.3) is 0 Å². The largest absolute Gasteiger partial charge is 0.372 e. The van der Waals surface area contributed by atoms with Crippen molar-refractivity contribution in [3.63, 3.8) is 0 Å². The zero-order valence-corrected chi connectivity index (χ0v) is 66.6. The highest BCUT2D eigenvalue weighted by Crippen LogP contribution is 2.24. The van der Waals surface area contributed by atoms with Gasteiger partial charge in [0.15, 0.2) is 70.5 Å². The highest BCUT2D eigenvalue weighted by Gasteiger charge is 2.38. The van der Waals surface area contributed by atoms with Crippen LogP contribution in [-0.4, -0.2) is 231 Å². The van der Waals surface area contributed by atoms with E-state index >= 15 is 0 Å². The van der Waals surface area contributed by atoms with E-state index in [2.05, 4.69) is 61.9 Å². The van der Waals surface area contributed by atoms with Gasteiger partial charge in [0.1, 0.15) is 12.6 Å². The minimum Gasteiger partial charge on any atom is -0.372 e. The van der Waals surface area contributed by atoms with E-state index in [1.807, 2.05) is 20.8 Å². The number of amides is 7. The number of guanidine groups is 6. The highest BCUT2D eigenvalue weighted by molar-refractivity contribution is 7.98. The zero-order valence-electron chi connectivity index (χ0n) is 65.8. The van der Waals surface area contributed by atoms with E-state index in [4.69, 9.17) is 73.5 Å². The molecule has 39 nitrogen and oxygen atoms in total. The van der Waals surface area contributed by atoms with Gasteiger partial charge in [-0.1, -0.05) is 41.0 Å². The molecule has 1 fully saturated rings. The Bertz CT molecular complexity index is 3180. The van der Waals surface area contributed by atoms with Gasteiger partial charge < -0.3 is 110 Å². The Kier molecular flexibility index (Phi) is 50.5. The number of hydrogen-bond donors (Lipinski definition) is 18. The van der Waals surface area contributed by atoms with Gasteiger partial charge in [0.05, 0.1) is 36.8 Å². The van der Waals surface area contributed by atoms with Gasteiger partial charge >= 0.3 is 0 Å². The number of thioether (sulfide) groups is 1. The molecule has 1 rings (SSSR count). The molecule has 0 aromatic rings. The van der Waals surface area contributed by atoms with Crippen molar-refractivity contribution in [3.8, 4) is 0 Å². The number of likely N-dealkylation sites (tertiary alicyclic amines) is 1. The normalized spacial score (nSPS) is 14.8. The van der Waals surface area contributed by atoms with Crippen molar-refractivity contribution in [2.24, 2.45) is 128 Å². The number of nitrogens with one attached hydrogen (secondary N) is 6. The fourth-order valence-corrected chi connectivity index (χ4v) is 12.7. The number of aliphatic imine (C=N–C) groups is 6. The molecule has 0 spiro atoms. The monoisotopic (exact) mass is 1590 g/mol. The molecular weight excluding hydrogens is 1460 g/mol. The first kappa shape index (κ1) is 99.2. The highest BCUT2D eigenvalue weighted by atomic mass is 32.2. The Balaban J connectivity index is 3.54. The maximum Gasteiger partial charge on any atom is 0.249 e. The molecule has 1 heterocycles. The molecule has 111 heavy (non-hydrogen) atoms. The van der Waals surface area contributed by atoms with Crippen molar-refractivity contribution in [1.29, 1.82) is 0 Å². The average Bonchev–Trinajstić information content (AvgIpc) is 1.53. The smallest absolute Gasteiger partial charge is 0.249 e. The first-order valence-electron chi connectivity index (χ1n) is 38.2. The number of carbonyl (C=O) groups excluding carboxylic acids is 13. The lowest BCUT2D eigenvalue weighted by molar-refractivity contribution is -0.142. The van der Waals surface area contributed by atoms with E-state index in [9.17, 15) is 62.3 Å². The number of ether oxygens (including phenoxy) is 1. The average molecular weight is 1590 g/mol. The summed E-state index contributed by atoms with van der Waals surface area (Å²) in [4.78, 5) is 207. The van der Waals surface area contributed by atoms with Gasteiger partial charge in [-0.3, -0.25) is 92.3 Å². The third-order valence-corrected chi connectivity index (χ3v) is 18.7. The second-order valence-electron chi connectivity index (χ2n) is 28.0. The van der Waals surface area contributed by atoms with E-state index in [0.29, 0.717) is 32.4 Å². The number of ketones is 6. The maximum atomic E-state index is 14.9. The van der Waals surface area contributed by atoms with E-state index in [1.54, 1.807) is 13.2 Å². The second-order valence-corrected chi connectivity index (χ2v) is 29.0. The fraction of sp³-hybridized carbons (Fsp3) is 0.732. The summed E-state index contributed by atoms with van der Waals surface area (Å²) in [6.45, 7) is 9.22. The van der Waals surface area contributed by atoms with Crippen LogP contribution < -0.4 is 101 Å². The summed E-state index contributed by atoms with van der Waals surface area (Å²) in [5.74, 6) is -13.1. The minimum absolute atomic E-state index is 0.000840. The van der Waals surface area contributed by atoms with Crippen LogP contribution in [0, 0.1) is 29.6 Å². The Hall–Kier alpha value is -9.76. The van der Waals surface area contributed by atoms with Crippen LogP contribution in [0.3, 0.4) is 0 Å². The van der Waals surface area contributed by atoms with Crippen LogP contribution >= 0.6 is 11.8 Å². The lowest BCUT2D eigenvalue weighted by Crippen LogP contribution is -2.52. The molecule has 0 aromatic carbocycles. The van der Waals surface area contributed by atoms with Crippen LogP contribution in [0.4, 0.5) is 0 Å². The molecule has 0 saturated carbocycles. The molecule has 0 bridgehead atoms. The van der Waals surface area contributed by atoms with E-state index in [0.717, 1.165) is 12.8 Å². The molecule has 0 unspecified atom stereocenters. The zero-order chi connectivity index (χ0) is 83.5. The molecule has 0 aromatic heterocycles. The molecule has 0 aliphatic carbocycles. The first-order chi connectivity index (χ1) is 52.5. The third kappa shape index (κ3) is 44.6. The van der Waals surface area contributed by atoms with Crippen LogP contribution in [0.5, 0.6) is 0 Å². The molecular formula is C71H129N25O14S. The summed E-state index contributed by atoms with van der Waals surface area (Å²) in [6, 6.07) is -6.42. The van der Waals surface area contributed by atoms with Crippen molar-refractivity contribution in [3.05, 3.63) is 0 Å². The van der Waals surface area contributed by atoms with Crippen LogP contribution in [0.1, 0.15) is 189 Å². The van der Waals surface area contributed by atoms with Crippen molar-refractivity contribution in [1.82, 2.24) is 36.8 Å². The van der Waals surface area contributed by atoms with Gasteiger partial charge in [-0.2, -0.15) is 11.8 Å². The Morgan fingerprint density at radius 2 is 0.865 bits per heavy atom. The topological polar surface area (TPSA) is 693 Å². The van der Waals surface area contributed by atoms with Crippen LogP contribution in [-0.2, 0) is 67.1 Å². The third-order valence-electron chi connectivity index (χ3n) is 18.0. The summed E-state index contributed by atoms with van der Waals surface area (Å²) in [5.41, 5.74) is 67.0. The summed E-state index contributed by atoms with van der Waals surface area (Å²) in [5, 5.41) is 16.4. The second kappa shape index (κ2) is 56.5. The van der Waals surface area contributed by atoms with E-state index < -0.39 is 150 Å². The van der Waals surface area contributed by atoms with Crippen LogP contribution in [0.2, 0.25) is 0 Å². The number of nitrogens with zero attached hydrogens (tertiary/aromatic N) is 7. The van der Waals surface area contributed by atoms with Gasteiger partial charge in [-0.05, 0) is 115 Å². The summed E-state index contributed by atoms with van der Waals surface area (Å²) in [7, 11) is 0. The predicted molar refractivity (Wildman–Crippen MR) is 428 cm³/mol. The molecule has 40 heteroatoms. The first-order valence-corrected chi connectivity index (χ1v) is 39.6. The van der Waals surface area contributed by atoms with Gasteiger partial charge in [0.25, 0.3) is 0 Å². The molecule has 1 aliphatic rings. The number of Topliss-reactive ketones (excluding diaryl/α,β-unsaturated/α-hetero) is 6. The SMILES string of the molecule is CCCCOCC(=O)N1CCC[C@H]1C(=O)N[C@@H](CC(C)C)C(=O)CCC(=O)N[C@@H](CSC)C(=O)C[C@@H](C)C(=O)NCC(=O)C[C@H](CCCN=C(N)N)C(=O)N[C@H](CCCN=C(N)N)C(=O)C[C@H](CCCN=C(N)N)C(=O)N[C@H](CCCN=C(N)N)C(=O)C[C@H](CCCN=C(N)N)C(=O)N[C@H](CCCN=C(N)N)C(=O)CC. The summed E-state index contributed by atoms with van der Waals surface area (Å²) >= 11 is 1.25. The number of hydrogen-bond acceptors (Lipinski definition) is 21. The van der Waals surface area contributed by atoms with Gasteiger partial charge in [0.2, 0.25) is 41.4 Å². The summed E-state index contributed by atoms with van der Waals surface area (Å²) < 4.78 is 5.50. The number of nitrogens with two attached hydrogens (primary N) is 12. The molecule has 0 radical (unpaired) electrons. The molecule has 30 N–H and O–H groups in total. The predicted octanol–water partition coefficient (Wildman–Crippen LogP) is -3.29. The fourth-order valence-electron chi connectivity index (χ4n) is 12.1. The van der Waals surface area contributed by atoms with Crippen molar-refractivity contribution in [2.45, 2.75) is 225 Å². The maximum absolute atomic E-state index is 14.9. The standard InChI is InChI=1S/C71H129N25O14S/c1-7-9-33-110-40-60(104)96-32-16-23-53(96)65(109)95-51(34-42(3)4)55(99)24-25-59(103)91-52(41-111-6)56(100)35-43(5)61(105)90-39-47(97)36-44(17-10-26-84-66(72)73)62(106)93-49(21-14-30-88-70(80)81)57(101)38-46(19-12-28-86-68(76)77)64(108)94-50(22-15-31-89-71(82)83)58(102)37-45(18-11-27-85-67(74)75)63(107)92-48(54(98)8-2)20-13-29-87-69(78)79/h42-46,48-53H,7-41H2,1-6H3,(H,90,105)(H,91,103)(H,92,107)(H,93,106)(H,94,108)(H,95,109)(H4,72,73,84)(H4,74,75,85)(H4,76,77,86)(H4,78,79,87)(H4,80,81,88)(H4,82,83,89)/t43-,44+,45+,46+,48-,49-,50-,51+,52+,53+/m1/s1. The quantitative estimate of drug-likeness (QED) is 0.0161. The van der Waals surface area contributed by atoms with Gasteiger partial charge in [-0.15, -0.1) is 0 Å². The molecule has 1 aliphatic heterocycles. The number of carbonyl (C=O) groups is 13. The van der Waals surface area contributed by atoms with E-state index in [-0.39, 0.29) is 208 Å². The molecule has 10 atom stereocenters. The van der Waals surface area contributed by atoms with Crippen LogP contribution in [0.15, 0.2) is 30.0 Å². The number of unbranched alkanes of at least 4 members (excludes halogenated alkanes) is 1.